The molecule has 7 heteroatoms. The van der Waals surface area contributed by atoms with Gasteiger partial charge in [-0.1, -0.05) is 13.3 Å². The summed E-state index contributed by atoms with van der Waals surface area (Å²) in [5, 5.41) is 7.06. The Balaban J connectivity index is 1.60. The van der Waals surface area contributed by atoms with E-state index in [2.05, 4.69) is 17.1 Å². The van der Waals surface area contributed by atoms with Crippen molar-refractivity contribution < 1.29 is 9.18 Å². The number of aryl methyl sites for hydroxylation is 1. The fourth-order valence-corrected chi connectivity index (χ4v) is 3.54. The number of fused-ring (bicyclic) bond motifs is 1. The van der Waals surface area contributed by atoms with Crippen LogP contribution in [-0.2, 0) is 19.4 Å². The molecule has 2 aromatic heterocycles. The van der Waals surface area contributed by atoms with E-state index in [1.807, 2.05) is 0 Å². The van der Waals surface area contributed by atoms with Crippen molar-refractivity contribution in [2.45, 2.75) is 32.7 Å². The van der Waals surface area contributed by atoms with Gasteiger partial charge in [-0.15, -0.1) is 0 Å². The Bertz CT molecular complexity index is 1070. The summed E-state index contributed by atoms with van der Waals surface area (Å²) in [7, 11) is 0. The van der Waals surface area contributed by atoms with E-state index in [9.17, 15) is 14.0 Å². The first kappa shape index (κ1) is 18.2. The molecule has 1 N–H and O–H groups in total. The number of H-pyrrole nitrogens is 1. The van der Waals surface area contributed by atoms with Gasteiger partial charge in [0.25, 0.3) is 11.5 Å². The average Bonchev–Trinajstić information content (AvgIpc) is 3.16. The van der Waals surface area contributed by atoms with Crippen LogP contribution in [0.1, 0.15) is 40.7 Å². The molecule has 6 nitrogen and oxygen atoms in total. The van der Waals surface area contributed by atoms with Crippen LogP contribution < -0.4 is 5.56 Å². The Kier molecular flexibility index (Phi) is 4.81. The number of hydrogen-bond donors (Lipinski definition) is 1. The molecule has 0 unspecified atom stereocenters. The molecule has 1 aromatic carbocycles. The lowest BCUT2D eigenvalue weighted by Crippen LogP contribution is -2.37. The van der Waals surface area contributed by atoms with E-state index >= 15 is 0 Å². The molecule has 144 valence electrons. The lowest BCUT2D eigenvalue weighted by Gasteiger charge is -2.28. The number of amides is 1. The summed E-state index contributed by atoms with van der Waals surface area (Å²) in [5.74, 6) is -0.475. The third-order valence-electron chi connectivity index (χ3n) is 5.01. The van der Waals surface area contributed by atoms with Crippen LogP contribution in [-0.4, -0.2) is 32.1 Å². The van der Waals surface area contributed by atoms with Gasteiger partial charge in [-0.25, -0.2) is 4.39 Å². The first-order valence-electron chi connectivity index (χ1n) is 9.39. The van der Waals surface area contributed by atoms with Crippen LogP contribution in [0.5, 0.6) is 0 Å². The van der Waals surface area contributed by atoms with Crippen molar-refractivity contribution in [2.24, 2.45) is 0 Å². The molecule has 0 aliphatic carbocycles. The maximum atomic E-state index is 13.2. The molecule has 3 heterocycles. The number of carbonyl (C=O) groups is 1. The molecule has 0 saturated heterocycles. The van der Waals surface area contributed by atoms with Gasteiger partial charge in [-0.3, -0.25) is 19.3 Å². The summed E-state index contributed by atoms with van der Waals surface area (Å²) in [6, 6.07) is 9.18. The Morgan fingerprint density at radius 3 is 2.75 bits per heavy atom. The van der Waals surface area contributed by atoms with Crippen LogP contribution in [0.15, 0.2) is 47.4 Å². The maximum Gasteiger partial charge on any atom is 0.274 e. The van der Waals surface area contributed by atoms with Crippen LogP contribution >= 0.6 is 0 Å². The van der Waals surface area contributed by atoms with Gasteiger partial charge in [0.2, 0.25) is 0 Å². The Morgan fingerprint density at radius 2 is 2.00 bits per heavy atom. The highest BCUT2D eigenvalue weighted by molar-refractivity contribution is 5.92. The zero-order chi connectivity index (χ0) is 19.7. The molecule has 4 rings (SSSR count). The standard InChI is InChI=1S/C21H21FN4O2/c1-2-3-17-11-19(24-23-17)21(28)25-9-8-14-10-20(27)26(13-15(14)12-25)18-6-4-16(22)5-7-18/h4-7,10-11,13H,2-3,8-9,12H2,1H3,(H,23,24). The molecule has 0 saturated carbocycles. The average molecular weight is 380 g/mol. The molecule has 0 atom stereocenters. The quantitative estimate of drug-likeness (QED) is 0.757. The highest BCUT2D eigenvalue weighted by Gasteiger charge is 2.24. The molecule has 0 fully saturated rings. The molecule has 0 bridgehead atoms. The molecule has 1 aliphatic heterocycles. The minimum absolute atomic E-state index is 0.121. The number of nitrogens with one attached hydrogen (secondary N) is 1. The van der Waals surface area contributed by atoms with Crippen molar-refractivity contribution in [3.8, 4) is 5.69 Å². The van der Waals surface area contributed by atoms with Gasteiger partial charge in [0, 0.05) is 36.7 Å². The molecule has 0 radical (unpaired) electrons. The fourth-order valence-electron chi connectivity index (χ4n) is 3.54. The van der Waals surface area contributed by atoms with Gasteiger partial charge >= 0.3 is 0 Å². The monoisotopic (exact) mass is 380 g/mol. The Hall–Kier alpha value is -3.22. The number of pyridine rings is 1. The first-order valence-corrected chi connectivity index (χ1v) is 9.39. The van der Waals surface area contributed by atoms with E-state index < -0.39 is 0 Å². The predicted molar refractivity (Wildman–Crippen MR) is 103 cm³/mol. The number of carbonyl (C=O) groups excluding carboxylic acids is 1. The third-order valence-corrected chi connectivity index (χ3v) is 5.01. The number of hydrogen-bond acceptors (Lipinski definition) is 3. The predicted octanol–water partition coefficient (Wildman–Crippen LogP) is 2.85. The molecular weight excluding hydrogens is 359 g/mol. The van der Waals surface area contributed by atoms with Crippen LogP contribution in [0.3, 0.4) is 0 Å². The normalized spacial score (nSPS) is 13.4. The van der Waals surface area contributed by atoms with E-state index in [1.165, 1.54) is 16.7 Å². The van der Waals surface area contributed by atoms with Gasteiger partial charge in [-0.05, 0) is 54.3 Å². The first-order chi connectivity index (χ1) is 13.5. The van der Waals surface area contributed by atoms with Crippen molar-refractivity contribution in [1.82, 2.24) is 19.7 Å². The Morgan fingerprint density at radius 1 is 1.21 bits per heavy atom. The highest BCUT2D eigenvalue weighted by atomic mass is 19.1. The number of halogens is 1. The van der Waals surface area contributed by atoms with Crippen molar-refractivity contribution in [1.29, 1.82) is 0 Å². The largest absolute Gasteiger partial charge is 0.333 e. The van der Waals surface area contributed by atoms with Crippen LogP contribution in [0.2, 0.25) is 0 Å². The molecular formula is C21H21FN4O2. The molecule has 3 aromatic rings. The van der Waals surface area contributed by atoms with Gasteiger partial charge in [-0.2, -0.15) is 5.10 Å². The van der Waals surface area contributed by atoms with Gasteiger partial charge < -0.3 is 4.90 Å². The summed E-state index contributed by atoms with van der Waals surface area (Å²) >= 11 is 0. The summed E-state index contributed by atoms with van der Waals surface area (Å²) in [6.45, 7) is 3.03. The lowest BCUT2D eigenvalue weighted by molar-refractivity contribution is 0.0728. The van der Waals surface area contributed by atoms with E-state index in [-0.39, 0.29) is 17.3 Å². The number of aromatic nitrogens is 3. The third kappa shape index (κ3) is 3.47. The number of nitrogens with zero attached hydrogens (tertiary/aromatic N) is 3. The molecule has 28 heavy (non-hydrogen) atoms. The van der Waals surface area contributed by atoms with E-state index in [0.717, 1.165) is 29.7 Å². The van der Waals surface area contributed by atoms with Gasteiger partial charge in [0.05, 0.1) is 0 Å². The van der Waals surface area contributed by atoms with E-state index in [0.29, 0.717) is 30.9 Å². The summed E-state index contributed by atoms with van der Waals surface area (Å²) < 4.78 is 14.7. The minimum Gasteiger partial charge on any atom is -0.333 e. The van der Waals surface area contributed by atoms with Crippen molar-refractivity contribution in [3.63, 3.8) is 0 Å². The second kappa shape index (κ2) is 7.42. The topological polar surface area (TPSA) is 71.0 Å². The smallest absolute Gasteiger partial charge is 0.274 e. The highest BCUT2D eigenvalue weighted by Crippen LogP contribution is 2.20. The van der Waals surface area contributed by atoms with Gasteiger partial charge in [0.15, 0.2) is 0 Å². The second-order valence-corrected chi connectivity index (χ2v) is 7.01. The zero-order valence-electron chi connectivity index (χ0n) is 15.6. The van der Waals surface area contributed by atoms with Crippen molar-refractivity contribution >= 4 is 5.91 Å². The maximum absolute atomic E-state index is 13.2. The lowest BCUT2D eigenvalue weighted by atomic mass is 10.0. The van der Waals surface area contributed by atoms with Crippen LogP contribution in [0, 0.1) is 5.82 Å². The SMILES string of the molecule is CCCc1cc(C(=O)N2CCc3cc(=O)n(-c4ccc(F)cc4)cc3C2)n[nH]1. The number of benzene rings is 1. The number of aromatic amines is 1. The molecule has 1 amide bonds. The fraction of sp³-hybridized carbons (Fsp3) is 0.286. The summed E-state index contributed by atoms with van der Waals surface area (Å²) in [6.07, 6.45) is 4.20. The second-order valence-electron chi connectivity index (χ2n) is 7.01. The minimum atomic E-state index is -0.354. The van der Waals surface area contributed by atoms with E-state index in [4.69, 9.17) is 0 Å². The van der Waals surface area contributed by atoms with Crippen LogP contribution in [0.25, 0.3) is 5.69 Å². The van der Waals surface area contributed by atoms with Gasteiger partial charge in [0.1, 0.15) is 11.5 Å². The zero-order valence-corrected chi connectivity index (χ0v) is 15.6. The summed E-state index contributed by atoms with van der Waals surface area (Å²) in [5.41, 5.74) is 3.65. The molecule has 1 aliphatic rings. The molecule has 0 spiro atoms. The van der Waals surface area contributed by atoms with Crippen LogP contribution in [0.4, 0.5) is 4.39 Å². The Labute approximate surface area is 161 Å². The van der Waals surface area contributed by atoms with E-state index in [1.54, 1.807) is 35.4 Å². The van der Waals surface area contributed by atoms with Crippen molar-refractivity contribution in [3.05, 3.63) is 81.3 Å². The number of rotatable bonds is 4. The summed E-state index contributed by atoms with van der Waals surface area (Å²) in [4.78, 5) is 27.0. The van der Waals surface area contributed by atoms with Crippen molar-refractivity contribution in [2.75, 3.05) is 6.54 Å².